The number of hydrogen-bond acceptors (Lipinski definition) is 3. The summed E-state index contributed by atoms with van der Waals surface area (Å²) >= 11 is 0. The number of amides is 1. The SMILES string of the molecule is Cc1ccc(C(N)C(=O)N2CCN(Cc3cccc(C)c3)CC2)cc1. The highest BCUT2D eigenvalue weighted by Crippen LogP contribution is 2.16. The van der Waals surface area contributed by atoms with Gasteiger partial charge in [-0.25, -0.2) is 0 Å². The zero-order valence-electron chi connectivity index (χ0n) is 15.1. The van der Waals surface area contributed by atoms with Crippen LogP contribution in [0.4, 0.5) is 0 Å². The molecule has 4 nitrogen and oxygen atoms in total. The zero-order valence-corrected chi connectivity index (χ0v) is 15.1. The van der Waals surface area contributed by atoms with Crippen molar-refractivity contribution in [2.45, 2.75) is 26.4 Å². The van der Waals surface area contributed by atoms with Gasteiger partial charge in [-0.05, 0) is 25.0 Å². The monoisotopic (exact) mass is 337 g/mol. The standard InChI is InChI=1S/C21H27N3O/c1-16-6-8-19(9-7-16)20(22)21(25)24-12-10-23(11-13-24)15-18-5-3-4-17(2)14-18/h3-9,14,20H,10-13,15,22H2,1-2H3. The van der Waals surface area contributed by atoms with E-state index in [1.54, 1.807) is 0 Å². The van der Waals surface area contributed by atoms with Gasteiger partial charge in [-0.3, -0.25) is 9.69 Å². The minimum absolute atomic E-state index is 0.0269. The maximum absolute atomic E-state index is 12.7. The van der Waals surface area contributed by atoms with Crippen LogP contribution in [0.3, 0.4) is 0 Å². The predicted molar refractivity (Wildman–Crippen MR) is 101 cm³/mol. The van der Waals surface area contributed by atoms with Crippen molar-refractivity contribution >= 4 is 5.91 Å². The molecule has 4 heteroatoms. The number of benzene rings is 2. The summed E-state index contributed by atoms with van der Waals surface area (Å²) in [5.41, 5.74) is 10.9. The van der Waals surface area contributed by atoms with Crippen molar-refractivity contribution < 1.29 is 4.79 Å². The van der Waals surface area contributed by atoms with Crippen LogP contribution in [0.2, 0.25) is 0 Å². The molecule has 0 aliphatic carbocycles. The Bertz CT molecular complexity index is 718. The van der Waals surface area contributed by atoms with E-state index in [1.165, 1.54) is 16.7 Å². The van der Waals surface area contributed by atoms with E-state index in [9.17, 15) is 4.79 Å². The lowest BCUT2D eigenvalue weighted by molar-refractivity contribution is -0.134. The summed E-state index contributed by atoms with van der Waals surface area (Å²) in [4.78, 5) is 17.0. The Kier molecular flexibility index (Phi) is 5.51. The molecule has 1 amide bonds. The van der Waals surface area contributed by atoms with Gasteiger partial charge in [0, 0.05) is 32.7 Å². The molecule has 132 valence electrons. The van der Waals surface area contributed by atoms with Crippen LogP contribution in [0.1, 0.15) is 28.3 Å². The molecule has 1 fully saturated rings. The predicted octanol–water partition coefficient (Wildman–Crippen LogP) is 2.65. The molecule has 1 unspecified atom stereocenters. The molecule has 2 aromatic carbocycles. The summed E-state index contributed by atoms with van der Waals surface area (Å²) in [5, 5.41) is 0. The van der Waals surface area contributed by atoms with Crippen LogP contribution in [-0.2, 0) is 11.3 Å². The Labute approximate surface area is 150 Å². The van der Waals surface area contributed by atoms with E-state index < -0.39 is 6.04 Å². The van der Waals surface area contributed by atoms with Crippen LogP contribution in [0.25, 0.3) is 0 Å². The average molecular weight is 337 g/mol. The Hall–Kier alpha value is -2.17. The molecule has 1 heterocycles. The van der Waals surface area contributed by atoms with Crippen molar-refractivity contribution in [3.05, 3.63) is 70.8 Å². The summed E-state index contributed by atoms with van der Waals surface area (Å²) in [7, 11) is 0. The van der Waals surface area contributed by atoms with Gasteiger partial charge in [-0.15, -0.1) is 0 Å². The lowest BCUT2D eigenvalue weighted by Gasteiger charge is -2.36. The molecule has 0 aromatic heterocycles. The van der Waals surface area contributed by atoms with E-state index in [4.69, 9.17) is 5.73 Å². The maximum atomic E-state index is 12.7. The van der Waals surface area contributed by atoms with Gasteiger partial charge in [0.25, 0.3) is 0 Å². The summed E-state index contributed by atoms with van der Waals surface area (Å²) in [6, 6.07) is 16.0. The van der Waals surface area contributed by atoms with Crippen molar-refractivity contribution in [2.24, 2.45) is 5.73 Å². The smallest absolute Gasteiger partial charge is 0.244 e. The van der Waals surface area contributed by atoms with Crippen molar-refractivity contribution in [2.75, 3.05) is 26.2 Å². The number of nitrogens with zero attached hydrogens (tertiary/aromatic N) is 2. The van der Waals surface area contributed by atoms with E-state index >= 15 is 0 Å². The molecule has 1 atom stereocenters. The van der Waals surface area contributed by atoms with Gasteiger partial charge in [0.05, 0.1) is 0 Å². The molecule has 25 heavy (non-hydrogen) atoms. The maximum Gasteiger partial charge on any atom is 0.244 e. The highest BCUT2D eigenvalue weighted by molar-refractivity contribution is 5.83. The van der Waals surface area contributed by atoms with Gasteiger partial charge in [-0.1, -0.05) is 59.7 Å². The highest BCUT2D eigenvalue weighted by Gasteiger charge is 2.26. The second kappa shape index (κ2) is 7.81. The van der Waals surface area contributed by atoms with Crippen LogP contribution in [0.5, 0.6) is 0 Å². The molecule has 3 rings (SSSR count). The fourth-order valence-corrected chi connectivity index (χ4v) is 3.31. The number of hydrogen-bond donors (Lipinski definition) is 1. The van der Waals surface area contributed by atoms with Crippen molar-refractivity contribution in [3.8, 4) is 0 Å². The number of rotatable bonds is 4. The van der Waals surface area contributed by atoms with Crippen molar-refractivity contribution in [3.63, 3.8) is 0 Å². The first kappa shape index (κ1) is 17.6. The van der Waals surface area contributed by atoms with Crippen LogP contribution in [-0.4, -0.2) is 41.9 Å². The first-order valence-corrected chi connectivity index (χ1v) is 8.92. The molecule has 0 radical (unpaired) electrons. The first-order chi connectivity index (χ1) is 12.0. The lowest BCUT2D eigenvalue weighted by atomic mass is 10.0. The number of nitrogens with two attached hydrogens (primary N) is 1. The second-order valence-electron chi connectivity index (χ2n) is 6.98. The van der Waals surface area contributed by atoms with Gasteiger partial charge < -0.3 is 10.6 Å². The molecule has 1 aliphatic heterocycles. The van der Waals surface area contributed by atoms with Gasteiger partial charge in [0.1, 0.15) is 6.04 Å². The van der Waals surface area contributed by atoms with Crippen LogP contribution >= 0.6 is 0 Å². The van der Waals surface area contributed by atoms with Crippen LogP contribution in [0, 0.1) is 13.8 Å². The van der Waals surface area contributed by atoms with E-state index in [0.29, 0.717) is 0 Å². The Balaban J connectivity index is 1.54. The number of carbonyl (C=O) groups is 1. The fraction of sp³-hybridized carbons (Fsp3) is 0.381. The third-order valence-electron chi connectivity index (χ3n) is 4.88. The topological polar surface area (TPSA) is 49.6 Å². The van der Waals surface area contributed by atoms with E-state index in [2.05, 4.69) is 36.1 Å². The van der Waals surface area contributed by atoms with E-state index in [0.717, 1.165) is 38.3 Å². The summed E-state index contributed by atoms with van der Waals surface area (Å²) in [5.74, 6) is 0.0269. The normalized spacial score (nSPS) is 16.7. The summed E-state index contributed by atoms with van der Waals surface area (Å²) in [6.07, 6.45) is 0. The van der Waals surface area contributed by atoms with Gasteiger partial charge in [0.15, 0.2) is 0 Å². The lowest BCUT2D eigenvalue weighted by Crippen LogP contribution is -2.50. The molecule has 1 aliphatic rings. The van der Waals surface area contributed by atoms with Gasteiger partial charge >= 0.3 is 0 Å². The zero-order chi connectivity index (χ0) is 17.8. The molecular weight excluding hydrogens is 310 g/mol. The number of aryl methyl sites for hydroxylation is 2. The van der Waals surface area contributed by atoms with Crippen LogP contribution in [0.15, 0.2) is 48.5 Å². The highest BCUT2D eigenvalue weighted by atomic mass is 16.2. The third-order valence-corrected chi connectivity index (χ3v) is 4.88. The van der Waals surface area contributed by atoms with E-state index in [-0.39, 0.29) is 5.91 Å². The second-order valence-corrected chi connectivity index (χ2v) is 6.98. The van der Waals surface area contributed by atoms with Gasteiger partial charge in [-0.2, -0.15) is 0 Å². The van der Waals surface area contributed by atoms with E-state index in [1.807, 2.05) is 36.1 Å². The minimum atomic E-state index is -0.566. The Morgan fingerprint density at radius 3 is 2.32 bits per heavy atom. The third kappa shape index (κ3) is 4.47. The minimum Gasteiger partial charge on any atom is -0.338 e. The van der Waals surface area contributed by atoms with Crippen molar-refractivity contribution in [1.82, 2.24) is 9.80 Å². The fourth-order valence-electron chi connectivity index (χ4n) is 3.31. The van der Waals surface area contributed by atoms with Gasteiger partial charge in [0.2, 0.25) is 5.91 Å². The Morgan fingerprint density at radius 2 is 1.68 bits per heavy atom. The quantitative estimate of drug-likeness (QED) is 0.933. The summed E-state index contributed by atoms with van der Waals surface area (Å²) < 4.78 is 0. The number of carbonyl (C=O) groups excluding carboxylic acids is 1. The first-order valence-electron chi connectivity index (χ1n) is 8.92. The van der Waals surface area contributed by atoms with Crippen molar-refractivity contribution in [1.29, 1.82) is 0 Å². The molecule has 2 aromatic rings. The molecule has 1 saturated heterocycles. The molecule has 0 saturated carbocycles. The van der Waals surface area contributed by atoms with Crippen LogP contribution < -0.4 is 5.73 Å². The Morgan fingerprint density at radius 1 is 1.00 bits per heavy atom. The molecule has 0 bridgehead atoms. The average Bonchev–Trinajstić information content (AvgIpc) is 2.62. The molecule has 2 N–H and O–H groups in total. The molecule has 0 spiro atoms. The summed E-state index contributed by atoms with van der Waals surface area (Å²) in [6.45, 7) is 8.35. The molecular formula is C21H27N3O. The largest absolute Gasteiger partial charge is 0.338 e. The number of piperazine rings is 1.